The summed E-state index contributed by atoms with van der Waals surface area (Å²) in [7, 11) is 2.65. The molecule has 0 fully saturated rings. The number of nitrogens with one attached hydrogen (secondary N) is 3. The van der Waals surface area contributed by atoms with Crippen LogP contribution in [0.3, 0.4) is 0 Å². The summed E-state index contributed by atoms with van der Waals surface area (Å²) in [4.78, 5) is 59.5. The fourth-order valence-electron chi connectivity index (χ4n) is 7.89. The number of aliphatic hydroxyl groups is 3. The van der Waals surface area contributed by atoms with Crippen molar-refractivity contribution in [1.82, 2.24) is 30.2 Å². The molecule has 2 aliphatic rings. The highest BCUT2D eigenvalue weighted by atomic mass is 16.5. The molecule has 56 heavy (non-hydrogen) atoms. The lowest BCUT2D eigenvalue weighted by Gasteiger charge is -2.20. The topological polar surface area (TPSA) is 203 Å². The molecule has 0 saturated carbocycles. The van der Waals surface area contributed by atoms with Gasteiger partial charge < -0.3 is 40.1 Å². The van der Waals surface area contributed by atoms with Gasteiger partial charge in [0.15, 0.2) is 0 Å². The first-order chi connectivity index (χ1) is 26.9. The van der Waals surface area contributed by atoms with Gasteiger partial charge in [-0.2, -0.15) is 0 Å². The largest absolute Gasteiger partial charge is 0.469 e. The minimum absolute atomic E-state index is 0.0406. The molecule has 0 spiro atoms. The Balaban J connectivity index is 1.83. The summed E-state index contributed by atoms with van der Waals surface area (Å²) in [5.41, 5.74) is 10.4. The minimum Gasteiger partial charge on any atom is -0.469 e. The van der Waals surface area contributed by atoms with Gasteiger partial charge in [-0.3, -0.25) is 24.3 Å². The Labute approximate surface area is 327 Å². The highest BCUT2D eigenvalue weighted by Gasteiger charge is 2.36. The number of nitrogens with zero attached hydrogens (tertiary/aromatic N) is 3. The van der Waals surface area contributed by atoms with Crippen LogP contribution in [-0.4, -0.2) is 112 Å². The first kappa shape index (κ1) is 42.3. The zero-order chi connectivity index (χ0) is 40.7. The molecule has 2 unspecified atom stereocenters. The number of hydrogen-bond donors (Lipinski definition) is 6. The predicted octanol–water partition coefficient (Wildman–Crippen LogP) is 4.27. The number of aliphatic hydroxyl groups excluding tert-OH is 3. The molecule has 0 aliphatic carbocycles. The summed E-state index contributed by atoms with van der Waals surface area (Å²) in [5.74, 6) is -1.85. The predicted molar refractivity (Wildman–Crippen MR) is 215 cm³/mol. The van der Waals surface area contributed by atoms with Crippen molar-refractivity contribution in [3.63, 3.8) is 0 Å². The zero-order valence-corrected chi connectivity index (χ0v) is 33.6. The summed E-state index contributed by atoms with van der Waals surface area (Å²) in [5, 5.41) is 32.4. The second kappa shape index (κ2) is 18.8. The standard InChI is InChI=1S/C42H56N6O8/c1-8-27-23(2)32-20-36-30(22-51)25(4)31(45-36)19-33-24(3)28(10-11-37(52)55-6)40(46-33)29(18-38(53)56-7)41-39(26(5)34(47-41)21-35(27)44-32)42(54)43-12-9-13-48(14-16-49)15-17-50/h19-21,24,28,44-45,49-51H,8-18,22H2,1-7H3,(H,43,54). The van der Waals surface area contributed by atoms with Crippen molar-refractivity contribution in [1.29, 1.82) is 0 Å². The normalized spacial score (nSPS) is 15.4. The molecule has 0 aromatic carbocycles. The van der Waals surface area contributed by atoms with Crippen molar-refractivity contribution in [2.45, 2.75) is 85.2 Å². The molecule has 8 bridgehead atoms. The minimum atomic E-state index is -0.537. The Morgan fingerprint density at radius 1 is 0.839 bits per heavy atom. The second-order valence-corrected chi connectivity index (χ2v) is 14.5. The molecule has 3 aromatic rings. The van der Waals surface area contributed by atoms with E-state index in [9.17, 15) is 29.7 Å². The van der Waals surface area contributed by atoms with E-state index in [1.807, 2.05) is 43.9 Å². The van der Waals surface area contributed by atoms with Gasteiger partial charge in [0, 0.05) is 76.8 Å². The average molecular weight is 773 g/mol. The van der Waals surface area contributed by atoms with Gasteiger partial charge in [-0.1, -0.05) is 13.8 Å². The number of amides is 1. The van der Waals surface area contributed by atoms with Gasteiger partial charge in [0.1, 0.15) is 0 Å². The van der Waals surface area contributed by atoms with Crippen molar-refractivity contribution in [2.24, 2.45) is 0 Å². The fraction of sp³-hybridized carbons (Fsp3) is 0.500. The lowest BCUT2D eigenvalue weighted by atomic mass is 9.84. The number of aromatic nitrogens is 4. The van der Waals surface area contributed by atoms with Gasteiger partial charge in [0.2, 0.25) is 0 Å². The van der Waals surface area contributed by atoms with Crippen LogP contribution in [0.15, 0.2) is 18.2 Å². The van der Waals surface area contributed by atoms with E-state index in [4.69, 9.17) is 19.4 Å². The number of allylic oxidation sites excluding steroid dienone is 1. The van der Waals surface area contributed by atoms with Crippen LogP contribution in [0.1, 0.15) is 102 Å². The number of aryl methyl sites for hydroxylation is 3. The van der Waals surface area contributed by atoms with Gasteiger partial charge in [-0.15, -0.1) is 0 Å². The van der Waals surface area contributed by atoms with Crippen LogP contribution in [0.5, 0.6) is 0 Å². The van der Waals surface area contributed by atoms with E-state index in [0.717, 1.165) is 50.7 Å². The fourth-order valence-corrected chi connectivity index (χ4v) is 7.89. The van der Waals surface area contributed by atoms with Crippen LogP contribution in [-0.2, 0) is 43.3 Å². The summed E-state index contributed by atoms with van der Waals surface area (Å²) in [6.07, 6.45) is 1.53. The van der Waals surface area contributed by atoms with Crippen molar-refractivity contribution < 1.29 is 39.2 Å². The van der Waals surface area contributed by atoms with E-state index in [2.05, 4.69) is 29.1 Å². The second-order valence-electron chi connectivity index (χ2n) is 14.5. The highest BCUT2D eigenvalue weighted by Crippen LogP contribution is 2.44. The maximum atomic E-state index is 14.4. The summed E-state index contributed by atoms with van der Waals surface area (Å²) < 4.78 is 10.2. The summed E-state index contributed by atoms with van der Waals surface area (Å²) in [6, 6.07) is 5.89. The maximum absolute atomic E-state index is 14.4. The van der Waals surface area contributed by atoms with Crippen LogP contribution in [0.2, 0.25) is 0 Å². The van der Waals surface area contributed by atoms with Crippen molar-refractivity contribution in [2.75, 3.05) is 53.6 Å². The number of carbonyl (C=O) groups is 3. The number of aromatic amines is 2. The van der Waals surface area contributed by atoms with Crippen LogP contribution in [0.4, 0.5) is 0 Å². The van der Waals surface area contributed by atoms with E-state index >= 15 is 0 Å². The monoisotopic (exact) mass is 772 g/mol. The van der Waals surface area contributed by atoms with Gasteiger partial charge >= 0.3 is 11.9 Å². The van der Waals surface area contributed by atoms with E-state index in [-0.39, 0.29) is 56.4 Å². The third-order valence-corrected chi connectivity index (χ3v) is 11.2. The lowest BCUT2D eigenvalue weighted by Crippen LogP contribution is -2.33. The number of methoxy groups -OCH3 is 2. The quantitative estimate of drug-likeness (QED) is 0.0897. The number of hydrogen-bond acceptors (Lipinski definition) is 11. The molecule has 302 valence electrons. The first-order valence-corrected chi connectivity index (χ1v) is 19.3. The first-order valence-electron chi connectivity index (χ1n) is 19.3. The molecular formula is C42H56N6O8. The van der Waals surface area contributed by atoms with Crippen LogP contribution in [0, 0.1) is 13.8 Å². The Morgan fingerprint density at radius 2 is 1.48 bits per heavy atom. The molecule has 14 heteroatoms. The number of fused-ring (bicyclic) bond motifs is 8. The number of esters is 2. The van der Waals surface area contributed by atoms with Gasteiger partial charge in [0.05, 0.1) is 63.1 Å². The van der Waals surface area contributed by atoms with E-state index in [1.54, 1.807) is 0 Å². The molecule has 6 N–H and O–H groups in total. The number of ether oxygens (including phenoxy) is 2. The molecule has 2 aliphatic heterocycles. The summed E-state index contributed by atoms with van der Waals surface area (Å²) in [6.45, 7) is 11.4. The molecule has 0 radical (unpaired) electrons. The molecule has 5 rings (SSSR count). The van der Waals surface area contributed by atoms with Crippen LogP contribution < -0.4 is 5.32 Å². The Kier molecular flexibility index (Phi) is 14.2. The molecule has 5 heterocycles. The van der Waals surface area contributed by atoms with Crippen LogP contribution >= 0.6 is 0 Å². The molecule has 2 atom stereocenters. The Morgan fingerprint density at radius 3 is 2.11 bits per heavy atom. The third kappa shape index (κ3) is 8.88. The molecule has 1 amide bonds. The highest BCUT2D eigenvalue weighted by molar-refractivity contribution is 6.27. The van der Waals surface area contributed by atoms with Gasteiger partial charge in [-0.25, -0.2) is 4.98 Å². The summed E-state index contributed by atoms with van der Waals surface area (Å²) >= 11 is 0. The average Bonchev–Trinajstić information content (AvgIpc) is 3.87. The van der Waals surface area contributed by atoms with Crippen molar-refractivity contribution in [3.8, 4) is 0 Å². The molecule has 0 saturated heterocycles. The Hall–Kier alpha value is -4.89. The smallest absolute Gasteiger partial charge is 0.310 e. The maximum Gasteiger partial charge on any atom is 0.310 e. The van der Waals surface area contributed by atoms with E-state index in [0.29, 0.717) is 78.5 Å². The van der Waals surface area contributed by atoms with Crippen molar-refractivity contribution in [3.05, 3.63) is 68.8 Å². The SMILES string of the molecule is CCc1c(C)c2cc3[nH]c(cc4nc(c(CC(=O)OC)c5nc(cc1[nH]2)C(C)=C5C(=O)NCCCN(CCO)CCO)C(CCC(=O)OC)C4C)c(C)c3CO. The van der Waals surface area contributed by atoms with E-state index in [1.165, 1.54) is 14.2 Å². The number of rotatable bonds is 16. The van der Waals surface area contributed by atoms with Crippen LogP contribution in [0.25, 0.3) is 33.2 Å². The third-order valence-electron chi connectivity index (χ3n) is 11.2. The zero-order valence-electron chi connectivity index (χ0n) is 33.6. The molecule has 14 nitrogen and oxygen atoms in total. The van der Waals surface area contributed by atoms with Crippen molar-refractivity contribution >= 4 is 51.1 Å². The number of carbonyl (C=O) groups excluding carboxylic acids is 3. The lowest BCUT2D eigenvalue weighted by molar-refractivity contribution is -0.141. The molecular weight excluding hydrogens is 716 g/mol. The van der Waals surface area contributed by atoms with E-state index < -0.39 is 5.97 Å². The van der Waals surface area contributed by atoms with Gasteiger partial charge in [0.25, 0.3) is 5.91 Å². The number of H-pyrrole nitrogens is 2. The molecule has 3 aromatic heterocycles. The Bertz CT molecular complexity index is 2150. The van der Waals surface area contributed by atoms with Gasteiger partial charge in [-0.05, 0) is 87.0 Å².